The molecule has 0 saturated carbocycles. The van der Waals surface area contributed by atoms with Gasteiger partial charge in [-0.1, -0.05) is 6.07 Å². The van der Waals surface area contributed by atoms with Crippen molar-refractivity contribution in [1.29, 1.82) is 5.26 Å². The van der Waals surface area contributed by atoms with Crippen molar-refractivity contribution < 1.29 is 0 Å². The van der Waals surface area contributed by atoms with E-state index >= 15 is 0 Å². The Kier molecular flexibility index (Phi) is 4.35. The van der Waals surface area contributed by atoms with Crippen molar-refractivity contribution in [2.45, 2.75) is 0 Å². The molecule has 128 valence electrons. The molecule has 4 rings (SSSR count). The largest absolute Gasteiger partial charge is 0.351 e. The number of hydrogen-bond donors (Lipinski definition) is 0. The molecule has 1 fully saturated rings. The molecule has 0 atom stereocenters. The van der Waals surface area contributed by atoms with E-state index in [4.69, 9.17) is 0 Å². The summed E-state index contributed by atoms with van der Waals surface area (Å²) in [6, 6.07) is 9.72. The van der Waals surface area contributed by atoms with E-state index in [9.17, 15) is 5.26 Å². The predicted octanol–water partition coefficient (Wildman–Crippen LogP) is 1.53. The standard InChI is InChI=1S/C18H16N8/c19-13-16-17(22-8-7-21-16)25-9-11-26(12-10-25)18-23-6-4-15(24-18)14-3-1-2-5-20-14/h1-8H,9-12H2. The quantitative estimate of drug-likeness (QED) is 0.706. The van der Waals surface area contributed by atoms with E-state index in [-0.39, 0.29) is 0 Å². The van der Waals surface area contributed by atoms with Gasteiger partial charge in [0.1, 0.15) is 6.07 Å². The molecule has 0 N–H and O–H groups in total. The second kappa shape index (κ2) is 7.11. The van der Waals surface area contributed by atoms with Crippen molar-refractivity contribution in [3.8, 4) is 17.5 Å². The third-order valence-electron chi connectivity index (χ3n) is 4.22. The van der Waals surface area contributed by atoms with Gasteiger partial charge >= 0.3 is 0 Å². The highest BCUT2D eigenvalue weighted by molar-refractivity contribution is 5.56. The van der Waals surface area contributed by atoms with E-state index in [0.29, 0.717) is 17.5 Å². The summed E-state index contributed by atoms with van der Waals surface area (Å²) < 4.78 is 0. The lowest BCUT2D eigenvalue weighted by Gasteiger charge is -2.35. The molecule has 1 aliphatic heterocycles. The second-order valence-electron chi connectivity index (χ2n) is 5.77. The molecule has 8 heteroatoms. The summed E-state index contributed by atoms with van der Waals surface area (Å²) in [5.41, 5.74) is 1.99. The van der Waals surface area contributed by atoms with Gasteiger partial charge in [0, 0.05) is 51.0 Å². The molecule has 3 aromatic rings. The SMILES string of the molecule is N#Cc1nccnc1N1CCN(c2nccc(-c3ccccn3)n2)CC1. The van der Waals surface area contributed by atoms with Gasteiger partial charge in [-0.25, -0.2) is 19.9 Å². The molecule has 26 heavy (non-hydrogen) atoms. The van der Waals surface area contributed by atoms with E-state index in [0.717, 1.165) is 37.6 Å². The first kappa shape index (κ1) is 15.9. The third-order valence-corrected chi connectivity index (χ3v) is 4.22. The Morgan fingerprint density at radius 3 is 2.35 bits per heavy atom. The fraction of sp³-hybridized carbons (Fsp3) is 0.222. The Hall–Kier alpha value is -3.60. The summed E-state index contributed by atoms with van der Waals surface area (Å²) in [6.07, 6.45) is 6.66. The fourth-order valence-corrected chi connectivity index (χ4v) is 2.92. The second-order valence-corrected chi connectivity index (χ2v) is 5.77. The van der Waals surface area contributed by atoms with E-state index in [1.165, 1.54) is 6.20 Å². The zero-order valence-corrected chi connectivity index (χ0v) is 14.0. The van der Waals surface area contributed by atoms with Crippen molar-refractivity contribution in [3.63, 3.8) is 0 Å². The summed E-state index contributed by atoms with van der Waals surface area (Å²) >= 11 is 0. The molecule has 0 aromatic carbocycles. The number of piperazine rings is 1. The first-order valence-corrected chi connectivity index (χ1v) is 8.30. The van der Waals surface area contributed by atoms with Crippen LogP contribution < -0.4 is 9.80 Å². The number of nitriles is 1. The molecule has 0 unspecified atom stereocenters. The van der Waals surface area contributed by atoms with Gasteiger partial charge in [0.2, 0.25) is 5.95 Å². The summed E-state index contributed by atoms with van der Waals surface area (Å²) in [5, 5.41) is 9.20. The van der Waals surface area contributed by atoms with E-state index in [1.54, 1.807) is 18.6 Å². The van der Waals surface area contributed by atoms with Gasteiger partial charge in [-0.15, -0.1) is 0 Å². The number of pyridine rings is 1. The Morgan fingerprint density at radius 1 is 0.769 bits per heavy atom. The topological polar surface area (TPSA) is 94.7 Å². The molecule has 0 bridgehead atoms. The number of rotatable bonds is 3. The number of nitrogens with zero attached hydrogens (tertiary/aromatic N) is 8. The van der Waals surface area contributed by atoms with Gasteiger partial charge in [-0.2, -0.15) is 5.26 Å². The highest BCUT2D eigenvalue weighted by Gasteiger charge is 2.22. The highest BCUT2D eigenvalue weighted by atomic mass is 15.3. The van der Waals surface area contributed by atoms with Gasteiger partial charge < -0.3 is 9.80 Å². The Labute approximate surface area is 150 Å². The average Bonchev–Trinajstić information content (AvgIpc) is 2.74. The minimum atomic E-state index is 0.356. The molecule has 1 aliphatic rings. The maximum atomic E-state index is 9.20. The molecule has 0 aliphatic carbocycles. The molecule has 3 aromatic heterocycles. The van der Waals surface area contributed by atoms with Crippen LogP contribution in [0.4, 0.5) is 11.8 Å². The summed E-state index contributed by atoms with van der Waals surface area (Å²) in [4.78, 5) is 26.0. The average molecular weight is 344 g/mol. The zero-order valence-electron chi connectivity index (χ0n) is 14.0. The van der Waals surface area contributed by atoms with Crippen molar-refractivity contribution in [2.24, 2.45) is 0 Å². The number of aromatic nitrogens is 5. The molecule has 4 heterocycles. The molecular weight excluding hydrogens is 328 g/mol. The van der Waals surface area contributed by atoms with Gasteiger partial charge in [0.15, 0.2) is 11.5 Å². The van der Waals surface area contributed by atoms with Gasteiger partial charge in [0.05, 0.1) is 11.4 Å². The van der Waals surface area contributed by atoms with Crippen LogP contribution in [0.1, 0.15) is 5.69 Å². The van der Waals surface area contributed by atoms with Gasteiger partial charge in [-0.3, -0.25) is 4.98 Å². The first-order valence-electron chi connectivity index (χ1n) is 8.30. The van der Waals surface area contributed by atoms with Crippen molar-refractivity contribution >= 4 is 11.8 Å². The third kappa shape index (κ3) is 3.15. The van der Waals surface area contributed by atoms with E-state index in [2.05, 4.69) is 40.8 Å². The van der Waals surface area contributed by atoms with Crippen molar-refractivity contribution in [2.75, 3.05) is 36.0 Å². The van der Waals surface area contributed by atoms with Crippen LogP contribution in [0.2, 0.25) is 0 Å². The van der Waals surface area contributed by atoms with E-state index in [1.807, 2.05) is 24.3 Å². The highest BCUT2D eigenvalue weighted by Crippen LogP contribution is 2.20. The molecule has 1 saturated heterocycles. The Morgan fingerprint density at radius 2 is 1.58 bits per heavy atom. The van der Waals surface area contributed by atoms with Crippen LogP contribution in [0.3, 0.4) is 0 Å². The van der Waals surface area contributed by atoms with Gasteiger partial charge in [0.25, 0.3) is 0 Å². The van der Waals surface area contributed by atoms with E-state index < -0.39 is 0 Å². The molecule has 0 spiro atoms. The smallest absolute Gasteiger partial charge is 0.226 e. The lowest BCUT2D eigenvalue weighted by atomic mass is 10.2. The Bertz CT molecular complexity index is 929. The number of anilines is 2. The summed E-state index contributed by atoms with van der Waals surface area (Å²) in [5.74, 6) is 1.32. The van der Waals surface area contributed by atoms with Gasteiger partial charge in [-0.05, 0) is 18.2 Å². The Balaban J connectivity index is 1.50. The first-order chi connectivity index (χ1) is 12.8. The molecule has 8 nitrogen and oxygen atoms in total. The summed E-state index contributed by atoms with van der Waals surface area (Å²) in [7, 11) is 0. The van der Waals surface area contributed by atoms with Crippen LogP contribution in [0.5, 0.6) is 0 Å². The van der Waals surface area contributed by atoms with Crippen molar-refractivity contribution in [3.05, 3.63) is 54.7 Å². The van der Waals surface area contributed by atoms with Crippen LogP contribution in [-0.2, 0) is 0 Å². The normalized spacial score (nSPS) is 14.1. The fourth-order valence-electron chi connectivity index (χ4n) is 2.92. The monoisotopic (exact) mass is 344 g/mol. The number of hydrogen-bond acceptors (Lipinski definition) is 8. The van der Waals surface area contributed by atoms with Crippen LogP contribution in [0, 0.1) is 11.3 Å². The van der Waals surface area contributed by atoms with Crippen LogP contribution in [-0.4, -0.2) is 51.1 Å². The molecular formula is C18H16N8. The van der Waals surface area contributed by atoms with Crippen molar-refractivity contribution in [1.82, 2.24) is 24.9 Å². The maximum Gasteiger partial charge on any atom is 0.226 e. The predicted molar refractivity (Wildman–Crippen MR) is 96.4 cm³/mol. The van der Waals surface area contributed by atoms with Crippen LogP contribution >= 0.6 is 0 Å². The lowest BCUT2D eigenvalue weighted by Crippen LogP contribution is -2.47. The minimum absolute atomic E-state index is 0.356. The maximum absolute atomic E-state index is 9.20. The zero-order chi connectivity index (χ0) is 17.8. The summed E-state index contributed by atoms with van der Waals surface area (Å²) in [6.45, 7) is 2.94. The van der Waals surface area contributed by atoms with Crippen LogP contribution in [0.25, 0.3) is 11.4 Å². The molecule has 0 radical (unpaired) electrons. The molecule has 0 amide bonds. The van der Waals surface area contributed by atoms with Crippen LogP contribution in [0.15, 0.2) is 49.1 Å². The minimum Gasteiger partial charge on any atom is -0.351 e. The lowest BCUT2D eigenvalue weighted by molar-refractivity contribution is 0.633.